The maximum absolute atomic E-state index is 13.1. The topological polar surface area (TPSA) is 103 Å². The van der Waals surface area contributed by atoms with Crippen LogP contribution in [-0.2, 0) is 21.4 Å². The number of fused-ring (bicyclic) bond motifs is 1. The number of nitrogens with one attached hydrogen (secondary N) is 1. The van der Waals surface area contributed by atoms with Crippen molar-refractivity contribution in [3.8, 4) is 11.5 Å². The van der Waals surface area contributed by atoms with Crippen LogP contribution in [-0.4, -0.2) is 54.7 Å². The van der Waals surface area contributed by atoms with E-state index in [1.165, 1.54) is 4.31 Å². The van der Waals surface area contributed by atoms with Crippen molar-refractivity contribution in [2.45, 2.75) is 38.1 Å². The number of hydrogen-bond acceptors (Lipinski definition) is 6. The molecule has 1 saturated heterocycles. The quantitative estimate of drug-likeness (QED) is 0.772. The molecule has 1 aromatic heterocycles. The Morgan fingerprint density at radius 3 is 2.77 bits per heavy atom. The van der Waals surface area contributed by atoms with Gasteiger partial charge in [0.25, 0.3) is 0 Å². The van der Waals surface area contributed by atoms with Crippen molar-refractivity contribution in [1.82, 2.24) is 14.1 Å². The van der Waals surface area contributed by atoms with Crippen molar-refractivity contribution in [1.29, 1.82) is 0 Å². The third-order valence-electron chi connectivity index (χ3n) is 5.41. The van der Waals surface area contributed by atoms with Gasteiger partial charge >= 0.3 is 0 Å². The number of anilines is 1. The number of ether oxygens (including phenoxy) is 2. The number of rotatable bonds is 5. The van der Waals surface area contributed by atoms with Gasteiger partial charge in [0.1, 0.15) is 18.1 Å². The molecule has 30 heavy (non-hydrogen) atoms. The van der Waals surface area contributed by atoms with Crippen LogP contribution in [0.15, 0.2) is 29.3 Å². The zero-order valence-corrected chi connectivity index (χ0v) is 17.9. The van der Waals surface area contributed by atoms with Crippen LogP contribution in [0, 0.1) is 12.8 Å². The molecule has 1 fully saturated rings. The molecule has 0 radical (unpaired) electrons. The average Bonchev–Trinajstić information content (AvgIpc) is 3.15. The molecule has 0 spiro atoms. The van der Waals surface area contributed by atoms with Crippen LogP contribution in [0.4, 0.5) is 5.69 Å². The predicted molar refractivity (Wildman–Crippen MR) is 110 cm³/mol. The van der Waals surface area contributed by atoms with E-state index in [-0.39, 0.29) is 17.3 Å². The smallest absolute Gasteiger partial charge is 0.246 e. The highest BCUT2D eigenvalue weighted by Crippen LogP contribution is 2.33. The molecule has 1 amide bonds. The van der Waals surface area contributed by atoms with Crippen molar-refractivity contribution < 1.29 is 22.7 Å². The maximum Gasteiger partial charge on any atom is 0.246 e. The van der Waals surface area contributed by atoms with Gasteiger partial charge in [0.2, 0.25) is 15.9 Å². The molecular weight excluding hydrogens is 408 g/mol. The monoisotopic (exact) mass is 434 g/mol. The van der Waals surface area contributed by atoms with E-state index in [9.17, 15) is 13.2 Å². The highest BCUT2D eigenvalue weighted by Gasteiger charge is 2.35. The van der Waals surface area contributed by atoms with Crippen molar-refractivity contribution in [2.24, 2.45) is 5.92 Å². The molecule has 10 heteroatoms. The van der Waals surface area contributed by atoms with Crippen molar-refractivity contribution in [3.63, 3.8) is 0 Å². The van der Waals surface area contributed by atoms with Crippen LogP contribution in [0.2, 0.25) is 0 Å². The van der Waals surface area contributed by atoms with E-state index in [0.29, 0.717) is 62.0 Å². The summed E-state index contributed by atoms with van der Waals surface area (Å²) in [5.74, 6) is 0.614. The lowest BCUT2D eigenvalue weighted by atomic mass is 9.98. The summed E-state index contributed by atoms with van der Waals surface area (Å²) in [6, 6.07) is 5.24. The van der Waals surface area contributed by atoms with E-state index in [1.54, 1.807) is 36.0 Å². The number of nitrogens with zero attached hydrogens (tertiary/aromatic N) is 3. The molecule has 0 bridgehead atoms. The Morgan fingerprint density at radius 1 is 1.27 bits per heavy atom. The minimum Gasteiger partial charge on any atom is -0.486 e. The molecule has 0 saturated carbocycles. The molecule has 3 heterocycles. The van der Waals surface area contributed by atoms with Crippen LogP contribution in [0.3, 0.4) is 0 Å². The first-order chi connectivity index (χ1) is 14.4. The van der Waals surface area contributed by atoms with Crippen molar-refractivity contribution in [3.05, 3.63) is 30.1 Å². The lowest BCUT2D eigenvalue weighted by Crippen LogP contribution is -2.43. The fourth-order valence-corrected chi connectivity index (χ4v) is 5.49. The number of aromatic nitrogens is 2. The zero-order valence-electron chi connectivity index (χ0n) is 17.1. The summed E-state index contributed by atoms with van der Waals surface area (Å²) < 4.78 is 40.3. The standard InChI is InChI=1S/C20H26N4O5S/c1-3-23-13-19(14(2)22-23)30(26,27)24-8-4-5-15(12-24)20(25)21-16-6-7-17-18(11-16)29-10-9-28-17/h6-7,11,13,15H,3-5,8-10,12H2,1-2H3,(H,21,25). The second-order valence-corrected chi connectivity index (χ2v) is 9.39. The summed E-state index contributed by atoms with van der Waals surface area (Å²) in [4.78, 5) is 13.0. The molecule has 2 aliphatic rings. The number of amides is 1. The SMILES string of the molecule is CCn1cc(S(=O)(=O)N2CCCC(C(=O)Nc3ccc4c(c3)OCCO4)C2)c(C)n1. The zero-order chi connectivity index (χ0) is 21.3. The minimum atomic E-state index is -3.70. The summed E-state index contributed by atoms with van der Waals surface area (Å²) in [5, 5.41) is 7.13. The molecule has 1 aromatic carbocycles. The highest BCUT2D eigenvalue weighted by molar-refractivity contribution is 7.89. The Kier molecular flexibility index (Phi) is 5.70. The number of benzene rings is 1. The van der Waals surface area contributed by atoms with Crippen molar-refractivity contribution >= 4 is 21.6 Å². The van der Waals surface area contributed by atoms with Gasteiger partial charge in [0.15, 0.2) is 11.5 Å². The largest absolute Gasteiger partial charge is 0.486 e. The summed E-state index contributed by atoms with van der Waals surface area (Å²) in [6.07, 6.45) is 2.82. The fraction of sp³-hybridized carbons (Fsp3) is 0.500. The van der Waals surface area contributed by atoms with Gasteiger partial charge in [-0.05, 0) is 38.8 Å². The molecule has 9 nitrogen and oxygen atoms in total. The van der Waals surface area contributed by atoms with Gasteiger partial charge in [-0.2, -0.15) is 9.40 Å². The second kappa shape index (κ2) is 8.27. The molecule has 0 aliphatic carbocycles. The fourth-order valence-electron chi connectivity index (χ4n) is 3.79. The Hall–Kier alpha value is -2.59. The number of piperidine rings is 1. The number of carbonyl (C=O) groups excluding carboxylic acids is 1. The van der Waals surface area contributed by atoms with E-state index in [1.807, 2.05) is 6.92 Å². The molecule has 1 N–H and O–H groups in total. The normalized spacial score (nSPS) is 19.5. The van der Waals surface area contributed by atoms with Gasteiger partial charge in [-0.1, -0.05) is 0 Å². The van der Waals surface area contributed by atoms with E-state index >= 15 is 0 Å². The predicted octanol–water partition coefficient (Wildman–Crippen LogP) is 2.02. The number of carbonyl (C=O) groups is 1. The molecule has 4 rings (SSSR count). The van der Waals surface area contributed by atoms with E-state index in [0.717, 1.165) is 0 Å². The van der Waals surface area contributed by atoms with Gasteiger partial charge in [-0.25, -0.2) is 8.42 Å². The molecule has 2 aliphatic heterocycles. The van der Waals surface area contributed by atoms with Gasteiger partial charge in [0.05, 0.1) is 11.6 Å². The minimum absolute atomic E-state index is 0.148. The molecular formula is C20H26N4O5S. The van der Waals surface area contributed by atoms with Crippen LogP contribution < -0.4 is 14.8 Å². The average molecular weight is 435 g/mol. The second-order valence-electron chi connectivity index (χ2n) is 7.48. The Bertz CT molecular complexity index is 1050. The highest BCUT2D eigenvalue weighted by atomic mass is 32.2. The first kappa shape index (κ1) is 20.7. The summed E-state index contributed by atoms with van der Waals surface area (Å²) in [5.41, 5.74) is 1.07. The van der Waals surface area contributed by atoms with E-state index in [2.05, 4.69) is 10.4 Å². The van der Waals surface area contributed by atoms with Crippen LogP contribution >= 0.6 is 0 Å². The van der Waals surface area contributed by atoms with Crippen LogP contribution in [0.25, 0.3) is 0 Å². The molecule has 162 valence electrons. The third kappa shape index (κ3) is 4.01. The van der Waals surface area contributed by atoms with Gasteiger partial charge in [0, 0.05) is 37.6 Å². The molecule has 2 aromatic rings. The Balaban J connectivity index is 1.47. The number of sulfonamides is 1. The van der Waals surface area contributed by atoms with Crippen molar-refractivity contribution in [2.75, 3.05) is 31.6 Å². The van der Waals surface area contributed by atoms with Gasteiger partial charge in [-0.15, -0.1) is 0 Å². The van der Waals surface area contributed by atoms with Crippen LogP contribution in [0.1, 0.15) is 25.5 Å². The Morgan fingerprint density at radius 2 is 2.03 bits per heavy atom. The third-order valence-corrected chi connectivity index (χ3v) is 7.38. The van der Waals surface area contributed by atoms with Gasteiger partial charge in [-0.3, -0.25) is 9.48 Å². The summed E-state index contributed by atoms with van der Waals surface area (Å²) >= 11 is 0. The number of hydrogen-bond donors (Lipinski definition) is 1. The van der Waals surface area contributed by atoms with Gasteiger partial charge < -0.3 is 14.8 Å². The number of aryl methyl sites for hydroxylation is 2. The molecule has 1 atom stereocenters. The maximum atomic E-state index is 13.1. The summed E-state index contributed by atoms with van der Waals surface area (Å²) in [6.45, 7) is 5.70. The summed E-state index contributed by atoms with van der Waals surface area (Å²) in [7, 11) is -3.70. The lowest BCUT2D eigenvalue weighted by Gasteiger charge is -2.31. The Labute approximate surface area is 176 Å². The first-order valence-electron chi connectivity index (χ1n) is 10.1. The van der Waals surface area contributed by atoms with E-state index in [4.69, 9.17) is 9.47 Å². The molecule has 1 unspecified atom stereocenters. The lowest BCUT2D eigenvalue weighted by molar-refractivity contribution is -0.120. The van der Waals surface area contributed by atoms with E-state index < -0.39 is 15.9 Å². The van der Waals surface area contributed by atoms with Crippen LogP contribution in [0.5, 0.6) is 11.5 Å². The first-order valence-corrected chi connectivity index (χ1v) is 11.6.